The molecule has 2 rings (SSSR count). The molecule has 1 aromatic rings. The molecular formula is C58H104O11S2Si2. The summed E-state index contributed by atoms with van der Waals surface area (Å²) in [5.74, 6) is 0.249. The lowest BCUT2D eigenvalue weighted by Crippen LogP contribution is -2.54. The van der Waals surface area contributed by atoms with Crippen molar-refractivity contribution in [2.75, 3.05) is 45.7 Å². The van der Waals surface area contributed by atoms with Gasteiger partial charge in [-0.15, -0.1) is 23.5 Å². The largest absolute Gasteiger partial charge is 0.497 e. The first-order chi connectivity index (χ1) is 34.2. The number of aliphatic carboxylic acids is 1. The van der Waals surface area contributed by atoms with Crippen LogP contribution in [0.2, 0.25) is 42.3 Å². The molecule has 1 aliphatic rings. The number of aliphatic hydroxyl groups is 3. The molecule has 73 heavy (non-hydrogen) atoms. The van der Waals surface area contributed by atoms with Crippen LogP contribution in [-0.2, 0) is 34.8 Å². The van der Waals surface area contributed by atoms with E-state index in [-0.39, 0.29) is 47.8 Å². The summed E-state index contributed by atoms with van der Waals surface area (Å²) in [6, 6.07) is 8.75. The molecular weight excluding hydrogens is 993 g/mol. The van der Waals surface area contributed by atoms with Gasteiger partial charge in [-0.1, -0.05) is 132 Å². The molecule has 0 aromatic heterocycles. The second-order valence-electron chi connectivity index (χ2n) is 23.3. The van der Waals surface area contributed by atoms with Crippen LogP contribution in [0, 0.1) is 35.5 Å². The maximum absolute atomic E-state index is 13.1. The van der Waals surface area contributed by atoms with Crippen LogP contribution in [0.15, 0.2) is 59.7 Å². The number of thioether (sulfide) groups is 2. The SMILES string of the molecule is C/C=C\[C@H](C)/C=C(\C)[C@@H](O)[C@@H](CO)[C@H](O)[C@H](C)CCC1([C@@H](C)/C=C(\C)[C@H](O[Si](C(C)C)(C(C)C)C(C)C)[C@@H](C)[C@H](OCc2ccc(OC)cc2)[C@@H](C)[C@H](OC)[C@@H](OCOCC[Si](C)(C)C)C(=O)O)SCCCS1. The monoisotopic (exact) mass is 1100 g/mol. The van der Waals surface area contributed by atoms with Crippen molar-refractivity contribution in [3.63, 3.8) is 0 Å². The van der Waals surface area contributed by atoms with E-state index in [0.717, 1.165) is 52.9 Å². The van der Waals surface area contributed by atoms with Gasteiger partial charge in [0.1, 0.15) is 12.5 Å². The molecule has 0 radical (unpaired) electrons. The van der Waals surface area contributed by atoms with E-state index in [9.17, 15) is 25.2 Å². The van der Waals surface area contributed by atoms with Gasteiger partial charge in [0, 0.05) is 39.5 Å². The normalized spacial score (nSPS) is 20.3. The van der Waals surface area contributed by atoms with Crippen molar-refractivity contribution in [2.24, 2.45) is 35.5 Å². The molecule has 1 fully saturated rings. The highest BCUT2D eigenvalue weighted by Crippen LogP contribution is 2.53. The summed E-state index contributed by atoms with van der Waals surface area (Å²) in [5, 5.41) is 44.5. The number of carbonyl (C=O) groups is 1. The third-order valence-electron chi connectivity index (χ3n) is 15.5. The number of ether oxygens (including phenoxy) is 5. The van der Waals surface area contributed by atoms with Crippen molar-refractivity contribution in [1.29, 1.82) is 0 Å². The van der Waals surface area contributed by atoms with Crippen LogP contribution in [0.1, 0.15) is 122 Å². The Morgan fingerprint density at radius 1 is 0.808 bits per heavy atom. The molecule has 0 spiro atoms. The Morgan fingerprint density at radius 3 is 1.89 bits per heavy atom. The Morgan fingerprint density at radius 2 is 1.40 bits per heavy atom. The lowest BCUT2D eigenvalue weighted by molar-refractivity contribution is -0.188. The molecule has 1 aliphatic heterocycles. The van der Waals surface area contributed by atoms with Crippen molar-refractivity contribution < 1.29 is 53.3 Å². The van der Waals surface area contributed by atoms with Gasteiger partial charge < -0.3 is 48.5 Å². The summed E-state index contributed by atoms with van der Waals surface area (Å²) in [6.07, 6.45) is 6.11. The quantitative estimate of drug-likeness (QED) is 0.0221. The van der Waals surface area contributed by atoms with Crippen molar-refractivity contribution >= 4 is 45.9 Å². The Bertz CT molecular complexity index is 1790. The van der Waals surface area contributed by atoms with Crippen LogP contribution in [-0.4, -0.2) is 129 Å². The van der Waals surface area contributed by atoms with Crippen molar-refractivity contribution in [1.82, 2.24) is 0 Å². The minimum absolute atomic E-state index is 0.0877. The maximum Gasteiger partial charge on any atom is 0.335 e. The molecule has 0 saturated carbocycles. The van der Waals surface area contributed by atoms with Crippen LogP contribution in [0.25, 0.3) is 0 Å². The Balaban J connectivity index is 2.77. The maximum atomic E-state index is 13.1. The Hall–Kier alpha value is -1.48. The number of methoxy groups -OCH3 is 2. The second kappa shape index (κ2) is 32.4. The second-order valence-corrected chi connectivity index (χ2v) is 37.5. The molecule has 0 bridgehead atoms. The highest BCUT2D eigenvalue weighted by atomic mass is 32.2. The van der Waals surface area contributed by atoms with Gasteiger partial charge in [0.05, 0.1) is 54.9 Å². The number of carboxylic acids is 1. The lowest BCUT2D eigenvalue weighted by atomic mass is 9.81. The molecule has 0 unspecified atom stereocenters. The van der Waals surface area contributed by atoms with E-state index < -0.39 is 70.8 Å². The standard InChI is InChI=1S/C58H104O11S2Si2/c1-20-22-41(8)33-43(10)52(61)50(35-59)51(60)42(9)27-28-58(70-30-21-31-71-58)45(12)34-44(11)53(69-73(38(2)3,39(4)5)40(6)7)46(13)54(67-36-48-23-25-49(64-15)26-24-48)47(14)55(65-16)56(57(62)63)68-37-66-29-32-72(17,18)19/h20,22-26,33-34,38-42,45-47,50-56,59-61H,21,27-32,35-37H2,1-19H3,(H,62,63)/b22-20-,43-33+,44-34+/t41-,42+,45-,46+,47+,50-,51+,52+,53-,54-,55-,56+/m0/s1. The zero-order valence-corrected chi connectivity index (χ0v) is 52.4. The zero-order chi connectivity index (χ0) is 55.4. The predicted octanol–water partition coefficient (Wildman–Crippen LogP) is 13.3. The average Bonchev–Trinajstić information content (AvgIpc) is 3.32. The molecule has 422 valence electrons. The molecule has 11 nitrogen and oxygen atoms in total. The van der Waals surface area contributed by atoms with E-state index in [0.29, 0.717) is 29.7 Å². The number of aliphatic hydroxyl groups excluding tert-OH is 3. The molecule has 0 amide bonds. The Kier molecular flexibility index (Phi) is 30.0. The van der Waals surface area contributed by atoms with Crippen LogP contribution < -0.4 is 4.74 Å². The van der Waals surface area contributed by atoms with Crippen LogP contribution >= 0.6 is 23.5 Å². The first-order valence-electron chi connectivity index (χ1n) is 27.3. The summed E-state index contributed by atoms with van der Waals surface area (Å²) in [6.45, 7) is 37.6. The van der Waals surface area contributed by atoms with E-state index in [4.69, 9.17) is 28.1 Å². The van der Waals surface area contributed by atoms with E-state index in [1.807, 2.05) is 87.6 Å². The van der Waals surface area contributed by atoms with Gasteiger partial charge in [0.25, 0.3) is 0 Å². The van der Waals surface area contributed by atoms with E-state index >= 15 is 0 Å². The summed E-state index contributed by atoms with van der Waals surface area (Å²) >= 11 is 4.01. The van der Waals surface area contributed by atoms with E-state index in [1.165, 1.54) is 0 Å². The number of benzene rings is 1. The van der Waals surface area contributed by atoms with Gasteiger partial charge in [-0.05, 0) is 121 Å². The highest BCUT2D eigenvalue weighted by Gasteiger charge is 2.50. The first-order valence-corrected chi connectivity index (χ1v) is 35.1. The molecule has 4 N–H and O–H groups in total. The van der Waals surface area contributed by atoms with Gasteiger partial charge in [-0.25, -0.2) is 4.79 Å². The summed E-state index contributed by atoms with van der Waals surface area (Å²) in [7, 11) is -0.753. The molecule has 0 aliphatic carbocycles. The Labute approximate surface area is 454 Å². The summed E-state index contributed by atoms with van der Waals surface area (Å²) < 4.78 is 38.4. The van der Waals surface area contributed by atoms with Crippen molar-refractivity contribution in [3.05, 3.63) is 65.3 Å². The summed E-state index contributed by atoms with van der Waals surface area (Å²) in [5.41, 5.74) is 3.69. The van der Waals surface area contributed by atoms with Crippen LogP contribution in [0.5, 0.6) is 5.75 Å². The molecule has 1 heterocycles. The topological polar surface area (TPSA) is 153 Å². The fraction of sp³-hybridized carbons (Fsp3) is 0.776. The fourth-order valence-corrected chi connectivity index (χ4v) is 21.1. The molecule has 12 atom stereocenters. The van der Waals surface area contributed by atoms with Gasteiger partial charge >= 0.3 is 5.97 Å². The average molecular weight is 1100 g/mol. The van der Waals surface area contributed by atoms with Crippen LogP contribution in [0.4, 0.5) is 0 Å². The van der Waals surface area contributed by atoms with Crippen molar-refractivity contribution in [3.8, 4) is 5.75 Å². The number of carboxylic acid groups (broad SMARTS) is 1. The highest BCUT2D eigenvalue weighted by molar-refractivity contribution is 8.18. The van der Waals surface area contributed by atoms with Gasteiger partial charge in [-0.2, -0.15) is 0 Å². The minimum Gasteiger partial charge on any atom is -0.497 e. The molecule has 15 heteroatoms. The molecule has 1 aromatic carbocycles. The smallest absolute Gasteiger partial charge is 0.335 e. The van der Waals surface area contributed by atoms with E-state index in [2.05, 4.69) is 101 Å². The lowest BCUT2D eigenvalue weighted by Gasteiger charge is -2.48. The fourth-order valence-electron chi connectivity index (χ4n) is 11.2. The minimum atomic E-state index is -2.57. The third-order valence-corrected chi connectivity index (χ3v) is 27.1. The summed E-state index contributed by atoms with van der Waals surface area (Å²) in [4.78, 5) is 13.1. The van der Waals surface area contributed by atoms with Crippen molar-refractivity contribution in [2.45, 2.75) is 206 Å². The first kappa shape index (κ1) is 67.6. The number of hydrogen-bond donors (Lipinski definition) is 4. The zero-order valence-electron chi connectivity index (χ0n) is 48.8. The number of hydrogen-bond acceptors (Lipinski definition) is 12. The van der Waals surface area contributed by atoms with Gasteiger partial charge in [-0.3, -0.25) is 0 Å². The predicted molar refractivity (Wildman–Crippen MR) is 312 cm³/mol. The number of allylic oxidation sites excluding steroid dienone is 4. The van der Waals surface area contributed by atoms with Gasteiger partial charge in [0.2, 0.25) is 8.32 Å². The third kappa shape index (κ3) is 20.0. The van der Waals surface area contributed by atoms with E-state index in [1.54, 1.807) is 14.2 Å². The van der Waals surface area contributed by atoms with Gasteiger partial charge in [0.15, 0.2) is 6.10 Å². The number of rotatable bonds is 35. The van der Waals surface area contributed by atoms with Crippen LogP contribution in [0.3, 0.4) is 0 Å². The molecule has 1 saturated heterocycles.